The maximum Gasteiger partial charge on any atom is 0.302 e. The molecule has 2 unspecified atom stereocenters. The fraction of sp³-hybridized carbons (Fsp3) is 0.381. The SMILES string of the molecule is CCC(OC(C)=O)C(CC(C)N)(c1ccccc1)c1ccccc1.Cl. The van der Waals surface area contributed by atoms with E-state index in [1.54, 1.807) is 0 Å². The lowest BCUT2D eigenvalue weighted by Crippen LogP contribution is -2.46. The van der Waals surface area contributed by atoms with Crippen molar-refractivity contribution in [2.24, 2.45) is 5.73 Å². The first-order valence-electron chi connectivity index (χ1n) is 8.54. The molecule has 2 aromatic carbocycles. The summed E-state index contributed by atoms with van der Waals surface area (Å²) in [5, 5.41) is 0. The van der Waals surface area contributed by atoms with Gasteiger partial charge >= 0.3 is 5.97 Å². The van der Waals surface area contributed by atoms with Gasteiger partial charge in [0, 0.05) is 13.0 Å². The van der Waals surface area contributed by atoms with E-state index in [-0.39, 0.29) is 30.5 Å². The number of nitrogens with two attached hydrogens (primary N) is 1. The highest BCUT2D eigenvalue weighted by atomic mass is 35.5. The van der Waals surface area contributed by atoms with Gasteiger partial charge < -0.3 is 10.5 Å². The summed E-state index contributed by atoms with van der Waals surface area (Å²) in [7, 11) is 0. The third kappa shape index (κ3) is 4.83. The molecule has 136 valence electrons. The molecule has 0 radical (unpaired) electrons. The van der Waals surface area contributed by atoms with E-state index in [9.17, 15) is 4.79 Å². The zero-order valence-corrected chi connectivity index (χ0v) is 16.0. The summed E-state index contributed by atoms with van der Waals surface area (Å²) < 4.78 is 5.78. The monoisotopic (exact) mass is 361 g/mol. The van der Waals surface area contributed by atoms with Crippen LogP contribution in [0, 0.1) is 0 Å². The van der Waals surface area contributed by atoms with E-state index in [0.29, 0.717) is 6.42 Å². The van der Waals surface area contributed by atoms with Gasteiger partial charge in [0.05, 0.1) is 5.41 Å². The van der Waals surface area contributed by atoms with Crippen molar-refractivity contribution in [3.05, 3.63) is 71.8 Å². The fourth-order valence-corrected chi connectivity index (χ4v) is 3.62. The van der Waals surface area contributed by atoms with E-state index >= 15 is 0 Å². The molecule has 0 bridgehead atoms. The van der Waals surface area contributed by atoms with Crippen molar-refractivity contribution in [2.45, 2.75) is 51.2 Å². The third-order valence-electron chi connectivity index (χ3n) is 4.45. The van der Waals surface area contributed by atoms with Crippen LogP contribution in [0.15, 0.2) is 60.7 Å². The second-order valence-electron chi connectivity index (χ2n) is 6.39. The molecular weight excluding hydrogens is 334 g/mol. The zero-order chi connectivity index (χ0) is 17.6. The molecule has 2 rings (SSSR count). The first-order valence-corrected chi connectivity index (χ1v) is 8.54. The molecule has 0 aliphatic rings. The Bertz CT molecular complexity index is 604. The predicted octanol–water partition coefficient (Wildman–Crippen LogP) is 4.47. The second kappa shape index (κ2) is 9.59. The van der Waals surface area contributed by atoms with Gasteiger partial charge in [0.25, 0.3) is 0 Å². The summed E-state index contributed by atoms with van der Waals surface area (Å²) in [6.45, 7) is 5.52. The highest BCUT2D eigenvalue weighted by Crippen LogP contribution is 2.42. The zero-order valence-electron chi connectivity index (χ0n) is 15.1. The van der Waals surface area contributed by atoms with Crippen molar-refractivity contribution in [1.82, 2.24) is 0 Å². The maximum atomic E-state index is 11.8. The maximum absolute atomic E-state index is 11.8. The number of hydrogen-bond donors (Lipinski definition) is 1. The van der Waals surface area contributed by atoms with Crippen LogP contribution in [0.5, 0.6) is 0 Å². The number of carbonyl (C=O) groups excluding carboxylic acids is 1. The summed E-state index contributed by atoms with van der Waals surface area (Å²) >= 11 is 0. The van der Waals surface area contributed by atoms with E-state index in [1.165, 1.54) is 6.92 Å². The highest BCUT2D eigenvalue weighted by molar-refractivity contribution is 5.85. The van der Waals surface area contributed by atoms with Crippen molar-refractivity contribution in [2.75, 3.05) is 0 Å². The van der Waals surface area contributed by atoms with Gasteiger partial charge in [-0.25, -0.2) is 0 Å². The molecule has 0 aliphatic heterocycles. The third-order valence-corrected chi connectivity index (χ3v) is 4.45. The van der Waals surface area contributed by atoms with Crippen LogP contribution in [0.3, 0.4) is 0 Å². The number of halogens is 1. The van der Waals surface area contributed by atoms with Crippen LogP contribution >= 0.6 is 12.4 Å². The number of hydrogen-bond acceptors (Lipinski definition) is 3. The molecule has 2 aromatic rings. The van der Waals surface area contributed by atoms with Gasteiger partial charge in [-0.15, -0.1) is 12.4 Å². The number of ether oxygens (including phenoxy) is 1. The largest absolute Gasteiger partial charge is 0.461 e. The van der Waals surface area contributed by atoms with Gasteiger partial charge in [-0.1, -0.05) is 67.6 Å². The van der Waals surface area contributed by atoms with Gasteiger partial charge in [0.15, 0.2) is 0 Å². The number of benzene rings is 2. The smallest absolute Gasteiger partial charge is 0.302 e. The molecule has 3 nitrogen and oxygen atoms in total. The van der Waals surface area contributed by atoms with Gasteiger partial charge in [0.2, 0.25) is 0 Å². The van der Waals surface area contributed by atoms with Gasteiger partial charge in [-0.05, 0) is 30.9 Å². The van der Waals surface area contributed by atoms with Crippen molar-refractivity contribution in [3.8, 4) is 0 Å². The van der Waals surface area contributed by atoms with Crippen LogP contribution in [0.25, 0.3) is 0 Å². The predicted molar refractivity (Wildman–Crippen MR) is 105 cm³/mol. The Hall–Kier alpha value is -1.84. The Morgan fingerprint density at radius 2 is 1.48 bits per heavy atom. The fourth-order valence-electron chi connectivity index (χ4n) is 3.62. The standard InChI is InChI=1S/C21H27NO2.ClH/c1-4-20(24-17(3)23)21(15-16(2)22,18-11-7-5-8-12-18)19-13-9-6-10-14-19;/h5-14,16,20H,4,15,22H2,1-3H3;1H. The van der Waals surface area contributed by atoms with Crippen LogP contribution in [-0.4, -0.2) is 18.1 Å². The molecule has 2 atom stereocenters. The summed E-state index contributed by atoms with van der Waals surface area (Å²) in [5.74, 6) is -0.261. The molecule has 0 saturated heterocycles. The average Bonchev–Trinajstić information content (AvgIpc) is 2.59. The first-order chi connectivity index (χ1) is 11.5. The molecule has 25 heavy (non-hydrogen) atoms. The Kier molecular flexibility index (Phi) is 8.14. The summed E-state index contributed by atoms with van der Waals surface area (Å²) in [5.41, 5.74) is 8.03. The molecule has 4 heteroatoms. The number of carbonyl (C=O) groups is 1. The quantitative estimate of drug-likeness (QED) is 0.740. The van der Waals surface area contributed by atoms with Crippen LogP contribution in [0.2, 0.25) is 0 Å². The first kappa shape index (κ1) is 21.2. The molecule has 0 spiro atoms. The normalized spacial score (nSPS) is 13.4. The van der Waals surface area contributed by atoms with Crippen LogP contribution in [0.1, 0.15) is 44.7 Å². The average molecular weight is 362 g/mol. The second-order valence-corrected chi connectivity index (χ2v) is 6.39. The lowest BCUT2D eigenvalue weighted by molar-refractivity contribution is -0.149. The minimum Gasteiger partial charge on any atom is -0.461 e. The summed E-state index contributed by atoms with van der Waals surface area (Å²) in [6, 6.07) is 20.4. The Balaban J connectivity index is 0.00000312. The lowest BCUT2D eigenvalue weighted by Gasteiger charge is -2.42. The Morgan fingerprint density at radius 1 is 1.04 bits per heavy atom. The Labute approximate surface area is 157 Å². The van der Waals surface area contributed by atoms with Gasteiger partial charge in [-0.3, -0.25) is 4.79 Å². The van der Waals surface area contributed by atoms with Gasteiger partial charge in [0.1, 0.15) is 6.10 Å². The van der Waals surface area contributed by atoms with E-state index in [0.717, 1.165) is 17.5 Å². The minimum absolute atomic E-state index is 0. The van der Waals surface area contributed by atoms with Crippen LogP contribution < -0.4 is 5.73 Å². The topological polar surface area (TPSA) is 52.3 Å². The van der Waals surface area contributed by atoms with Crippen molar-refractivity contribution < 1.29 is 9.53 Å². The molecule has 0 saturated carbocycles. The van der Waals surface area contributed by atoms with Crippen molar-refractivity contribution in [1.29, 1.82) is 0 Å². The molecule has 0 aliphatic carbocycles. The van der Waals surface area contributed by atoms with E-state index in [1.807, 2.05) is 43.3 Å². The van der Waals surface area contributed by atoms with Crippen LogP contribution in [0.4, 0.5) is 0 Å². The molecule has 0 fully saturated rings. The minimum atomic E-state index is -0.461. The van der Waals surface area contributed by atoms with E-state index < -0.39 is 5.41 Å². The molecule has 0 heterocycles. The lowest BCUT2D eigenvalue weighted by atomic mass is 9.66. The van der Waals surface area contributed by atoms with Crippen LogP contribution in [-0.2, 0) is 14.9 Å². The van der Waals surface area contributed by atoms with E-state index in [2.05, 4.69) is 31.2 Å². The molecule has 0 aromatic heterocycles. The summed E-state index contributed by atoms with van der Waals surface area (Å²) in [6.07, 6.45) is 1.15. The summed E-state index contributed by atoms with van der Waals surface area (Å²) in [4.78, 5) is 11.8. The Morgan fingerprint density at radius 3 is 1.80 bits per heavy atom. The highest BCUT2D eigenvalue weighted by Gasteiger charge is 2.43. The number of esters is 1. The molecule has 0 amide bonds. The number of rotatable bonds is 7. The van der Waals surface area contributed by atoms with Crippen molar-refractivity contribution in [3.63, 3.8) is 0 Å². The van der Waals surface area contributed by atoms with Gasteiger partial charge in [-0.2, -0.15) is 0 Å². The molecule has 2 N–H and O–H groups in total. The van der Waals surface area contributed by atoms with Crippen molar-refractivity contribution >= 4 is 18.4 Å². The molecular formula is C21H28ClNO2. The van der Waals surface area contributed by atoms with E-state index in [4.69, 9.17) is 10.5 Å².